The van der Waals surface area contributed by atoms with E-state index in [1.54, 1.807) is 6.92 Å². The fourth-order valence-electron chi connectivity index (χ4n) is 1.49. The lowest BCUT2D eigenvalue weighted by Gasteiger charge is -2.17. The Kier molecular flexibility index (Phi) is 7.71. The maximum absolute atomic E-state index is 11.5. The summed E-state index contributed by atoms with van der Waals surface area (Å²) in [7, 11) is 0. The molecule has 0 aromatic carbocycles. The minimum Gasteiger partial charge on any atom is -0.481 e. The average molecular weight is 289 g/mol. The van der Waals surface area contributed by atoms with Gasteiger partial charge in [-0.1, -0.05) is 0 Å². The zero-order valence-corrected chi connectivity index (χ0v) is 11.1. The first kappa shape index (κ1) is 17.7. The topological polar surface area (TPSA) is 159 Å². The van der Waals surface area contributed by atoms with Crippen LogP contribution in [0.25, 0.3) is 0 Å². The molecule has 0 spiro atoms. The highest BCUT2D eigenvalue weighted by Gasteiger charge is 2.20. The molecular weight excluding hydrogens is 270 g/mol. The maximum Gasteiger partial charge on any atom is 0.326 e. The smallest absolute Gasteiger partial charge is 0.326 e. The first-order valence-electron chi connectivity index (χ1n) is 6.02. The van der Waals surface area contributed by atoms with Crippen LogP contribution < -0.4 is 16.4 Å². The van der Waals surface area contributed by atoms with Crippen LogP contribution in [-0.2, 0) is 14.4 Å². The van der Waals surface area contributed by atoms with E-state index in [1.165, 1.54) is 0 Å². The Labute approximate surface area is 115 Å². The van der Waals surface area contributed by atoms with Gasteiger partial charge in [-0.3, -0.25) is 9.59 Å². The Bertz CT molecular complexity index is 384. The summed E-state index contributed by atoms with van der Waals surface area (Å²) >= 11 is 0. The van der Waals surface area contributed by atoms with Crippen LogP contribution >= 0.6 is 0 Å². The second kappa shape index (κ2) is 8.73. The van der Waals surface area contributed by atoms with Crippen LogP contribution in [0.4, 0.5) is 4.79 Å². The Balaban J connectivity index is 4.23. The van der Waals surface area contributed by atoms with Gasteiger partial charge in [0, 0.05) is 18.9 Å². The van der Waals surface area contributed by atoms with Crippen molar-refractivity contribution in [3.8, 4) is 0 Å². The van der Waals surface area contributed by atoms with Crippen molar-refractivity contribution in [1.29, 1.82) is 0 Å². The number of urea groups is 1. The van der Waals surface area contributed by atoms with Crippen molar-refractivity contribution in [2.24, 2.45) is 5.73 Å². The second-order valence-electron chi connectivity index (χ2n) is 4.37. The molecule has 0 radical (unpaired) electrons. The van der Waals surface area contributed by atoms with E-state index >= 15 is 0 Å². The second-order valence-corrected chi connectivity index (χ2v) is 4.37. The highest BCUT2D eigenvalue weighted by atomic mass is 16.4. The standard InChI is InChI=1S/C11H19N3O6/c1-6(5-8(12)15)13-11(20)14-7(10(18)19)3-2-4-9(16)17/h6-7H,2-5H2,1H3,(H2,12,15)(H,16,17)(H,18,19)(H2,13,14,20)/t6?,7-/m1/s1. The van der Waals surface area contributed by atoms with Crippen molar-refractivity contribution in [1.82, 2.24) is 10.6 Å². The third kappa shape index (κ3) is 8.72. The fraction of sp³-hybridized carbons (Fsp3) is 0.636. The Hall–Kier alpha value is -2.32. The van der Waals surface area contributed by atoms with Crippen LogP contribution in [0.5, 0.6) is 0 Å². The first-order valence-corrected chi connectivity index (χ1v) is 6.02. The lowest BCUT2D eigenvalue weighted by atomic mass is 10.1. The van der Waals surface area contributed by atoms with Crippen LogP contribution in [0.15, 0.2) is 0 Å². The number of hydrogen-bond donors (Lipinski definition) is 5. The molecule has 9 heteroatoms. The molecule has 1 unspecified atom stereocenters. The lowest BCUT2D eigenvalue weighted by Crippen LogP contribution is -2.49. The Morgan fingerprint density at radius 1 is 1.15 bits per heavy atom. The number of carboxylic acids is 2. The number of rotatable bonds is 9. The number of carbonyl (C=O) groups is 4. The predicted molar refractivity (Wildman–Crippen MR) is 67.9 cm³/mol. The number of hydrogen-bond acceptors (Lipinski definition) is 4. The summed E-state index contributed by atoms with van der Waals surface area (Å²) in [5.74, 6) is -2.88. The molecule has 0 aliphatic rings. The largest absolute Gasteiger partial charge is 0.481 e. The molecule has 0 aromatic rings. The summed E-state index contributed by atoms with van der Waals surface area (Å²) in [4.78, 5) is 43.4. The van der Waals surface area contributed by atoms with Gasteiger partial charge in [0.15, 0.2) is 0 Å². The summed E-state index contributed by atoms with van der Waals surface area (Å²) in [6, 6.07) is -2.46. The van der Waals surface area contributed by atoms with Gasteiger partial charge in [-0.05, 0) is 19.8 Å². The van der Waals surface area contributed by atoms with Gasteiger partial charge < -0.3 is 26.6 Å². The number of nitrogens with one attached hydrogen (secondary N) is 2. The van der Waals surface area contributed by atoms with Crippen molar-refractivity contribution in [3.05, 3.63) is 0 Å². The molecule has 0 fully saturated rings. The van der Waals surface area contributed by atoms with Crippen molar-refractivity contribution in [2.45, 2.75) is 44.7 Å². The van der Waals surface area contributed by atoms with Crippen LogP contribution in [0.1, 0.15) is 32.6 Å². The maximum atomic E-state index is 11.5. The number of carbonyl (C=O) groups excluding carboxylic acids is 2. The molecule has 3 amide bonds. The van der Waals surface area contributed by atoms with Gasteiger partial charge in [-0.2, -0.15) is 0 Å². The molecule has 0 heterocycles. The third-order valence-corrected chi connectivity index (χ3v) is 2.37. The normalized spacial score (nSPS) is 13.1. The molecule has 0 aliphatic heterocycles. The van der Waals surface area contributed by atoms with Crippen LogP contribution in [0.3, 0.4) is 0 Å². The van der Waals surface area contributed by atoms with E-state index in [0.717, 1.165) is 0 Å². The van der Waals surface area contributed by atoms with E-state index in [0.29, 0.717) is 0 Å². The van der Waals surface area contributed by atoms with Gasteiger partial charge in [-0.15, -0.1) is 0 Å². The quantitative estimate of drug-likeness (QED) is 0.376. The SMILES string of the molecule is CC(CC(N)=O)NC(=O)N[C@H](CCCC(=O)O)C(=O)O. The summed E-state index contributed by atoms with van der Waals surface area (Å²) in [5, 5.41) is 21.9. The lowest BCUT2D eigenvalue weighted by molar-refractivity contribution is -0.140. The molecule has 0 saturated heterocycles. The minimum absolute atomic E-state index is 0.000740. The first-order chi connectivity index (χ1) is 9.22. The number of amides is 3. The van der Waals surface area contributed by atoms with Crippen LogP contribution in [0, 0.1) is 0 Å². The van der Waals surface area contributed by atoms with E-state index in [4.69, 9.17) is 15.9 Å². The summed E-state index contributed by atoms with van der Waals surface area (Å²) in [6.07, 6.45) is -0.113. The van der Waals surface area contributed by atoms with Gasteiger partial charge in [0.25, 0.3) is 0 Å². The molecule has 0 aromatic heterocycles. The summed E-state index contributed by atoms with van der Waals surface area (Å²) in [5.41, 5.74) is 4.95. The van der Waals surface area contributed by atoms with Crippen molar-refractivity contribution < 1.29 is 29.4 Å². The minimum atomic E-state index is -1.26. The molecule has 114 valence electrons. The zero-order valence-electron chi connectivity index (χ0n) is 11.1. The molecule has 20 heavy (non-hydrogen) atoms. The zero-order chi connectivity index (χ0) is 15.7. The molecule has 0 aliphatic carbocycles. The third-order valence-electron chi connectivity index (χ3n) is 2.37. The van der Waals surface area contributed by atoms with Crippen LogP contribution in [0.2, 0.25) is 0 Å². The van der Waals surface area contributed by atoms with E-state index in [-0.39, 0.29) is 25.7 Å². The number of primary amides is 1. The predicted octanol–water partition coefficient (Wildman–Crippen LogP) is -0.742. The van der Waals surface area contributed by atoms with Gasteiger partial charge in [0.1, 0.15) is 6.04 Å². The van der Waals surface area contributed by atoms with Crippen molar-refractivity contribution >= 4 is 23.9 Å². The highest BCUT2D eigenvalue weighted by molar-refractivity contribution is 5.83. The van der Waals surface area contributed by atoms with Gasteiger partial charge >= 0.3 is 18.0 Å². The van der Waals surface area contributed by atoms with Gasteiger partial charge in [0.2, 0.25) is 5.91 Å². The van der Waals surface area contributed by atoms with Crippen LogP contribution in [-0.4, -0.2) is 46.2 Å². The van der Waals surface area contributed by atoms with E-state index in [2.05, 4.69) is 10.6 Å². The monoisotopic (exact) mass is 289 g/mol. The van der Waals surface area contributed by atoms with Gasteiger partial charge in [-0.25, -0.2) is 9.59 Å². The van der Waals surface area contributed by atoms with E-state index < -0.39 is 36.0 Å². The number of nitrogens with two attached hydrogens (primary N) is 1. The Morgan fingerprint density at radius 3 is 2.20 bits per heavy atom. The fourth-order valence-corrected chi connectivity index (χ4v) is 1.49. The van der Waals surface area contributed by atoms with E-state index in [9.17, 15) is 19.2 Å². The van der Waals surface area contributed by atoms with Crippen molar-refractivity contribution in [2.75, 3.05) is 0 Å². The number of aliphatic carboxylic acids is 2. The van der Waals surface area contributed by atoms with Crippen molar-refractivity contribution in [3.63, 3.8) is 0 Å². The molecule has 9 nitrogen and oxygen atoms in total. The van der Waals surface area contributed by atoms with Gasteiger partial charge in [0.05, 0.1) is 0 Å². The molecule has 0 saturated carbocycles. The molecule has 0 rings (SSSR count). The summed E-state index contributed by atoms with van der Waals surface area (Å²) in [6.45, 7) is 1.55. The summed E-state index contributed by atoms with van der Waals surface area (Å²) < 4.78 is 0. The highest BCUT2D eigenvalue weighted by Crippen LogP contribution is 2.02. The molecule has 0 bridgehead atoms. The molecular formula is C11H19N3O6. The molecule has 2 atom stereocenters. The number of carboxylic acid groups (broad SMARTS) is 2. The van der Waals surface area contributed by atoms with E-state index in [1.807, 2.05) is 0 Å². The average Bonchev–Trinajstić information content (AvgIpc) is 2.25. The molecule has 6 N–H and O–H groups in total. The Morgan fingerprint density at radius 2 is 1.75 bits per heavy atom.